The number of carbonyl (C=O) groups is 1. The molecule has 2 aromatic carbocycles. The molecule has 0 saturated heterocycles. The Balaban J connectivity index is 2.42. The molecule has 0 atom stereocenters. The Morgan fingerprint density at radius 3 is 2.59 bits per heavy atom. The predicted molar refractivity (Wildman–Crippen MR) is 87.7 cm³/mol. The molecular formula is C14H11BrClNO4S. The minimum atomic E-state index is -3.94. The first-order valence-corrected chi connectivity index (χ1v) is 8.65. The van der Waals surface area contributed by atoms with Gasteiger partial charge in [-0.3, -0.25) is 4.72 Å². The van der Waals surface area contributed by atoms with Gasteiger partial charge in [-0.25, -0.2) is 13.2 Å². The summed E-state index contributed by atoms with van der Waals surface area (Å²) in [5.41, 5.74) is 0.468. The summed E-state index contributed by atoms with van der Waals surface area (Å²) < 4.78 is 32.6. The van der Waals surface area contributed by atoms with Crippen molar-refractivity contribution < 1.29 is 17.9 Å². The van der Waals surface area contributed by atoms with Gasteiger partial charge < -0.3 is 4.74 Å². The Morgan fingerprint density at radius 2 is 1.95 bits per heavy atom. The van der Waals surface area contributed by atoms with E-state index in [1.807, 2.05) is 0 Å². The zero-order valence-electron chi connectivity index (χ0n) is 11.3. The van der Waals surface area contributed by atoms with Crippen molar-refractivity contribution in [3.05, 3.63) is 57.5 Å². The third-order valence-corrected chi connectivity index (χ3v) is 5.07. The number of methoxy groups -OCH3 is 1. The van der Waals surface area contributed by atoms with E-state index in [0.717, 1.165) is 4.47 Å². The third kappa shape index (κ3) is 3.79. The number of rotatable bonds is 4. The monoisotopic (exact) mass is 403 g/mol. The molecule has 0 spiro atoms. The van der Waals surface area contributed by atoms with Crippen molar-refractivity contribution in [3.8, 4) is 0 Å². The molecule has 0 unspecified atom stereocenters. The highest BCUT2D eigenvalue weighted by Crippen LogP contribution is 2.26. The fraction of sp³-hybridized carbons (Fsp3) is 0.0714. The van der Waals surface area contributed by atoms with Crippen molar-refractivity contribution in [3.63, 3.8) is 0 Å². The molecule has 0 aliphatic carbocycles. The first-order chi connectivity index (χ1) is 10.3. The maximum atomic E-state index is 12.4. The van der Waals surface area contributed by atoms with Gasteiger partial charge in [-0.05, 0) is 36.4 Å². The molecule has 5 nitrogen and oxygen atoms in total. The van der Waals surface area contributed by atoms with Crippen LogP contribution in [0.5, 0.6) is 0 Å². The van der Waals surface area contributed by atoms with Gasteiger partial charge in [0.15, 0.2) is 0 Å². The molecule has 22 heavy (non-hydrogen) atoms. The van der Waals surface area contributed by atoms with Gasteiger partial charge in [0.05, 0.1) is 17.7 Å². The number of ether oxygens (including phenoxy) is 1. The van der Waals surface area contributed by atoms with Crippen LogP contribution in [0.25, 0.3) is 0 Å². The number of hydrogen-bond acceptors (Lipinski definition) is 4. The maximum absolute atomic E-state index is 12.4. The zero-order valence-corrected chi connectivity index (χ0v) is 14.5. The van der Waals surface area contributed by atoms with Crippen LogP contribution in [0.2, 0.25) is 5.02 Å². The number of sulfonamides is 1. The van der Waals surface area contributed by atoms with Crippen LogP contribution in [0, 0.1) is 0 Å². The topological polar surface area (TPSA) is 72.5 Å². The number of carbonyl (C=O) groups excluding carboxylic acids is 1. The fourth-order valence-electron chi connectivity index (χ4n) is 1.72. The van der Waals surface area contributed by atoms with Gasteiger partial charge in [-0.2, -0.15) is 0 Å². The van der Waals surface area contributed by atoms with Gasteiger partial charge in [-0.15, -0.1) is 0 Å². The second-order valence-corrected chi connectivity index (χ2v) is 7.23. The van der Waals surface area contributed by atoms with E-state index in [-0.39, 0.29) is 15.5 Å². The lowest BCUT2D eigenvalue weighted by molar-refractivity contribution is 0.0600. The molecule has 1 N–H and O–H groups in total. The minimum absolute atomic E-state index is 0.00940. The normalized spacial score (nSPS) is 11.0. The van der Waals surface area contributed by atoms with Crippen LogP contribution in [0.4, 0.5) is 5.69 Å². The van der Waals surface area contributed by atoms with Crippen molar-refractivity contribution in [2.45, 2.75) is 4.90 Å². The standard InChI is InChI=1S/C14H11BrClNO4S/c1-21-14(18)9-5-6-12(16)13(7-9)22(19,20)17-11-4-2-3-10(15)8-11/h2-8,17H,1H3. The Bertz CT molecular complexity index is 823. The van der Waals surface area contributed by atoms with E-state index in [1.165, 1.54) is 25.3 Å². The molecule has 116 valence electrons. The van der Waals surface area contributed by atoms with Gasteiger partial charge in [0.1, 0.15) is 4.90 Å². The lowest BCUT2D eigenvalue weighted by Gasteiger charge is -2.11. The van der Waals surface area contributed by atoms with E-state index in [1.54, 1.807) is 24.3 Å². The molecule has 0 amide bonds. The summed E-state index contributed by atoms with van der Waals surface area (Å²) in [6, 6.07) is 10.6. The van der Waals surface area contributed by atoms with Crippen LogP contribution in [0.3, 0.4) is 0 Å². The Labute approximate surface area is 141 Å². The second kappa shape index (κ2) is 6.68. The molecule has 2 aromatic rings. The molecule has 0 aliphatic heterocycles. The van der Waals surface area contributed by atoms with Crippen molar-refractivity contribution in [2.75, 3.05) is 11.8 Å². The van der Waals surface area contributed by atoms with Crippen LogP contribution in [-0.4, -0.2) is 21.5 Å². The molecule has 8 heteroatoms. The summed E-state index contributed by atoms with van der Waals surface area (Å²) in [5.74, 6) is -0.643. The van der Waals surface area contributed by atoms with Crippen molar-refractivity contribution in [2.24, 2.45) is 0 Å². The van der Waals surface area contributed by atoms with Crippen LogP contribution < -0.4 is 4.72 Å². The third-order valence-electron chi connectivity index (χ3n) is 2.72. The van der Waals surface area contributed by atoms with Gasteiger partial charge in [0.2, 0.25) is 0 Å². The van der Waals surface area contributed by atoms with E-state index in [4.69, 9.17) is 11.6 Å². The molecule has 0 heterocycles. The zero-order chi connectivity index (χ0) is 16.3. The first-order valence-electron chi connectivity index (χ1n) is 6.00. The van der Waals surface area contributed by atoms with E-state index in [2.05, 4.69) is 25.4 Å². The van der Waals surface area contributed by atoms with E-state index < -0.39 is 16.0 Å². The number of anilines is 1. The minimum Gasteiger partial charge on any atom is -0.465 e. The highest BCUT2D eigenvalue weighted by molar-refractivity contribution is 9.10. The molecule has 0 aliphatic rings. The van der Waals surface area contributed by atoms with E-state index in [0.29, 0.717) is 5.69 Å². The van der Waals surface area contributed by atoms with Gasteiger partial charge >= 0.3 is 5.97 Å². The van der Waals surface area contributed by atoms with Crippen molar-refractivity contribution in [1.29, 1.82) is 0 Å². The quantitative estimate of drug-likeness (QED) is 0.789. The maximum Gasteiger partial charge on any atom is 0.337 e. The largest absolute Gasteiger partial charge is 0.465 e. The Morgan fingerprint density at radius 1 is 1.23 bits per heavy atom. The highest BCUT2D eigenvalue weighted by Gasteiger charge is 2.20. The Hall–Kier alpha value is -1.57. The van der Waals surface area contributed by atoms with Crippen LogP contribution >= 0.6 is 27.5 Å². The van der Waals surface area contributed by atoms with Crippen LogP contribution in [0.15, 0.2) is 51.8 Å². The second-order valence-electron chi connectivity index (χ2n) is 4.25. The van der Waals surface area contributed by atoms with Gasteiger partial charge in [0, 0.05) is 10.2 Å². The molecule has 0 radical (unpaired) electrons. The molecule has 0 bridgehead atoms. The van der Waals surface area contributed by atoms with E-state index in [9.17, 15) is 13.2 Å². The Kier molecular flexibility index (Phi) is 5.10. The average molecular weight is 405 g/mol. The van der Waals surface area contributed by atoms with Gasteiger partial charge in [-0.1, -0.05) is 33.6 Å². The molecule has 0 fully saturated rings. The molecular weight excluding hydrogens is 394 g/mol. The number of benzene rings is 2. The number of nitrogens with one attached hydrogen (secondary N) is 1. The summed E-state index contributed by atoms with van der Waals surface area (Å²) in [5, 5.41) is 0.00940. The number of hydrogen-bond donors (Lipinski definition) is 1. The smallest absolute Gasteiger partial charge is 0.337 e. The van der Waals surface area contributed by atoms with Crippen LogP contribution in [-0.2, 0) is 14.8 Å². The number of halogens is 2. The summed E-state index contributed by atoms with van der Waals surface area (Å²) >= 11 is 9.20. The van der Waals surface area contributed by atoms with Crippen molar-refractivity contribution >= 4 is 49.2 Å². The highest BCUT2D eigenvalue weighted by atomic mass is 79.9. The lowest BCUT2D eigenvalue weighted by atomic mass is 10.2. The summed E-state index contributed by atoms with van der Waals surface area (Å²) in [4.78, 5) is 11.3. The van der Waals surface area contributed by atoms with E-state index >= 15 is 0 Å². The molecule has 0 saturated carbocycles. The first kappa shape index (κ1) is 16.8. The fourth-order valence-corrected chi connectivity index (χ4v) is 3.69. The summed E-state index contributed by atoms with van der Waals surface area (Å²) in [6.45, 7) is 0. The lowest BCUT2D eigenvalue weighted by Crippen LogP contribution is -2.14. The SMILES string of the molecule is COC(=O)c1ccc(Cl)c(S(=O)(=O)Nc2cccc(Br)c2)c1. The summed E-state index contributed by atoms with van der Waals surface area (Å²) in [7, 11) is -2.72. The van der Waals surface area contributed by atoms with Crippen molar-refractivity contribution in [1.82, 2.24) is 0 Å². The number of esters is 1. The predicted octanol–water partition coefficient (Wildman–Crippen LogP) is 3.69. The summed E-state index contributed by atoms with van der Waals surface area (Å²) in [6.07, 6.45) is 0. The van der Waals surface area contributed by atoms with Crippen LogP contribution in [0.1, 0.15) is 10.4 Å². The average Bonchev–Trinajstić information content (AvgIpc) is 2.46. The van der Waals surface area contributed by atoms with Gasteiger partial charge in [0.25, 0.3) is 10.0 Å². The molecule has 0 aromatic heterocycles. The molecule has 2 rings (SSSR count).